The lowest BCUT2D eigenvalue weighted by Crippen LogP contribution is -2.54. The summed E-state index contributed by atoms with van der Waals surface area (Å²) in [6.45, 7) is 3.22. The fraction of sp³-hybridized carbons (Fsp3) is 0.438. The van der Waals surface area contributed by atoms with Crippen LogP contribution in [0.15, 0.2) is 30.3 Å². The van der Waals surface area contributed by atoms with Crippen molar-refractivity contribution < 1.29 is 24.5 Å². The van der Waals surface area contributed by atoms with Crippen LogP contribution < -0.4 is 15.5 Å². The Morgan fingerprint density at radius 2 is 1.83 bits per heavy atom. The summed E-state index contributed by atoms with van der Waals surface area (Å²) in [6, 6.07) is 7.13. The quantitative estimate of drug-likeness (QED) is 0.483. The Hall–Kier alpha value is -1.79. The highest BCUT2D eigenvalue weighted by Crippen LogP contribution is 2.17. The van der Waals surface area contributed by atoms with E-state index in [1.54, 1.807) is 20.9 Å². The van der Waals surface area contributed by atoms with Gasteiger partial charge in [0.05, 0.1) is 6.04 Å². The summed E-state index contributed by atoms with van der Waals surface area (Å²) in [4.78, 5) is 44.7. The normalized spacial score (nSPS) is 14.8. The van der Waals surface area contributed by atoms with Crippen molar-refractivity contribution in [1.82, 2.24) is 10.6 Å². The molecule has 1 amide bonds. The molecule has 1 aromatic rings. The summed E-state index contributed by atoms with van der Waals surface area (Å²) >= 11 is 0. The second-order valence-electron chi connectivity index (χ2n) is 5.66. The predicted octanol–water partition coefficient (Wildman–Crippen LogP) is -0.121. The molecule has 0 aliphatic heterocycles. The number of hydrogen-bond acceptors (Lipinski definition) is 5. The zero-order valence-electron chi connectivity index (χ0n) is 13.9. The van der Waals surface area contributed by atoms with Crippen molar-refractivity contribution in [3.63, 3.8) is 0 Å². The van der Waals surface area contributed by atoms with Crippen LogP contribution in [0.3, 0.4) is 0 Å². The number of carboxylic acids is 1. The second kappa shape index (κ2) is 9.49. The summed E-state index contributed by atoms with van der Waals surface area (Å²) in [6.07, 6.45) is 0.373. The van der Waals surface area contributed by atoms with Crippen LogP contribution in [-0.2, 0) is 16.0 Å². The van der Waals surface area contributed by atoms with Gasteiger partial charge in [0.15, 0.2) is 11.3 Å². The third-order valence-electron chi connectivity index (χ3n) is 3.59. The number of nitrogens with one attached hydrogen (secondary N) is 2. The van der Waals surface area contributed by atoms with Crippen LogP contribution in [0.1, 0.15) is 19.4 Å². The fourth-order valence-corrected chi connectivity index (χ4v) is 3.18. The topological polar surface area (TPSA) is 122 Å². The number of rotatable bonds is 8. The Morgan fingerprint density at radius 1 is 1.25 bits per heavy atom. The van der Waals surface area contributed by atoms with E-state index in [0.29, 0.717) is 6.42 Å². The molecule has 0 radical (unpaired) electrons. The zero-order chi connectivity index (χ0) is 18.3. The molecule has 0 bridgehead atoms. The van der Waals surface area contributed by atoms with Gasteiger partial charge in [0.25, 0.3) is 0 Å². The third kappa shape index (κ3) is 5.69. The van der Waals surface area contributed by atoms with Crippen LogP contribution in [0, 0.1) is 5.92 Å². The Morgan fingerprint density at radius 3 is 2.25 bits per heavy atom. The smallest absolute Gasteiger partial charge is 0.334 e. The molecule has 24 heavy (non-hydrogen) atoms. The number of aliphatic carboxylic acids is 1. The van der Waals surface area contributed by atoms with Gasteiger partial charge in [0.2, 0.25) is 13.9 Å². The van der Waals surface area contributed by atoms with Gasteiger partial charge in [-0.05, 0) is 19.0 Å². The summed E-state index contributed by atoms with van der Waals surface area (Å²) in [5.41, 5.74) is 0.917. The first kappa shape index (κ1) is 20.3. The SMILES string of the molecule is CN[C@@H](Cc1ccccc1)C(=O)N[C@H](C(=O)O)/C(C(C)C)=[P+](\[O-])O. The van der Waals surface area contributed by atoms with Gasteiger partial charge in [-0.25, -0.2) is 4.79 Å². The Bertz CT molecular complexity index is 600. The van der Waals surface area contributed by atoms with E-state index in [2.05, 4.69) is 10.6 Å². The molecule has 0 aliphatic carbocycles. The van der Waals surface area contributed by atoms with Crippen molar-refractivity contribution >= 4 is 25.2 Å². The molecule has 1 unspecified atom stereocenters. The molecule has 0 aliphatic rings. The lowest BCUT2D eigenvalue weighted by Gasteiger charge is -2.21. The summed E-state index contributed by atoms with van der Waals surface area (Å²) in [7, 11) is -1.23. The molecule has 0 fully saturated rings. The minimum atomic E-state index is -2.83. The van der Waals surface area contributed by atoms with Gasteiger partial charge in [-0.3, -0.25) is 4.79 Å². The predicted molar refractivity (Wildman–Crippen MR) is 91.5 cm³/mol. The Kier molecular flexibility index (Phi) is 8.01. The van der Waals surface area contributed by atoms with Crippen LogP contribution >= 0.6 is 8.00 Å². The van der Waals surface area contributed by atoms with Crippen LogP contribution in [0.25, 0.3) is 0 Å². The first-order valence-electron chi connectivity index (χ1n) is 7.55. The molecule has 0 saturated heterocycles. The van der Waals surface area contributed by atoms with Gasteiger partial charge in [-0.2, -0.15) is 4.89 Å². The highest BCUT2D eigenvalue weighted by atomic mass is 31.1. The third-order valence-corrected chi connectivity index (χ3v) is 4.81. The zero-order valence-corrected chi connectivity index (χ0v) is 14.8. The van der Waals surface area contributed by atoms with Gasteiger partial charge in [0.1, 0.15) is 0 Å². The van der Waals surface area contributed by atoms with Crippen molar-refractivity contribution in [1.29, 1.82) is 0 Å². The molecule has 0 aromatic heterocycles. The Balaban J connectivity index is 2.94. The molecular weight excluding hydrogens is 331 g/mol. The van der Waals surface area contributed by atoms with Crippen molar-refractivity contribution in [3.8, 4) is 0 Å². The van der Waals surface area contributed by atoms with E-state index in [0.717, 1.165) is 5.56 Å². The van der Waals surface area contributed by atoms with Crippen LogP contribution in [-0.4, -0.2) is 46.3 Å². The second-order valence-corrected chi connectivity index (χ2v) is 6.73. The summed E-state index contributed by atoms with van der Waals surface area (Å²) < 4.78 is 0. The summed E-state index contributed by atoms with van der Waals surface area (Å²) in [5, 5.41) is 14.4. The lowest BCUT2D eigenvalue weighted by atomic mass is 10.0. The molecule has 8 heteroatoms. The van der Waals surface area contributed by atoms with E-state index >= 15 is 0 Å². The maximum atomic E-state index is 12.4. The average Bonchev–Trinajstić information content (AvgIpc) is 2.51. The van der Waals surface area contributed by atoms with E-state index < -0.39 is 37.9 Å². The monoisotopic (exact) mass is 354 g/mol. The molecule has 0 saturated carbocycles. The van der Waals surface area contributed by atoms with Crippen molar-refractivity contribution in [2.75, 3.05) is 7.05 Å². The van der Waals surface area contributed by atoms with Crippen LogP contribution in [0.2, 0.25) is 0 Å². The molecule has 7 nitrogen and oxygen atoms in total. The number of benzene rings is 1. The van der Waals surface area contributed by atoms with Crippen LogP contribution in [0.5, 0.6) is 0 Å². The Labute approximate surface area is 142 Å². The minimum absolute atomic E-state index is 0.111. The molecule has 1 rings (SSSR count). The first-order valence-corrected chi connectivity index (χ1v) is 8.76. The largest absolute Gasteiger partial charge is 0.603 e. The van der Waals surface area contributed by atoms with E-state index in [9.17, 15) is 24.5 Å². The molecule has 132 valence electrons. The van der Waals surface area contributed by atoms with Gasteiger partial charge < -0.3 is 20.6 Å². The molecule has 0 spiro atoms. The van der Waals surface area contributed by atoms with E-state index in [1.165, 1.54) is 0 Å². The molecular formula is C16H23N2O5P. The van der Waals surface area contributed by atoms with E-state index in [1.807, 2.05) is 30.3 Å². The maximum absolute atomic E-state index is 12.4. The van der Waals surface area contributed by atoms with Gasteiger partial charge in [-0.15, -0.1) is 0 Å². The number of likely N-dealkylation sites (N-methyl/N-ethyl adjacent to an activating group) is 1. The fourth-order valence-electron chi connectivity index (χ4n) is 2.35. The number of amides is 1. The lowest BCUT2D eigenvalue weighted by molar-refractivity contribution is -0.168. The first-order chi connectivity index (χ1) is 11.3. The number of hydrogen-bond donors (Lipinski definition) is 4. The summed E-state index contributed by atoms with van der Waals surface area (Å²) in [5.74, 6) is -2.36. The number of carboxylic acid groups (broad SMARTS) is 1. The average molecular weight is 354 g/mol. The van der Waals surface area contributed by atoms with Crippen molar-refractivity contribution in [3.05, 3.63) is 35.9 Å². The van der Waals surface area contributed by atoms with Gasteiger partial charge in [-0.1, -0.05) is 44.2 Å². The van der Waals surface area contributed by atoms with E-state index in [4.69, 9.17) is 0 Å². The van der Waals surface area contributed by atoms with E-state index in [-0.39, 0.29) is 5.29 Å². The van der Waals surface area contributed by atoms with Gasteiger partial charge in [0, 0.05) is 5.92 Å². The van der Waals surface area contributed by atoms with Gasteiger partial charge >= 0.3 is 5.97 Å². The molecule has 0 heterocycles. The standard InChI is InChI=1S/C16H23N2O5P/c1-10(2)14(24(22)23)13(16(20)21)18-15(19)12(17-3)9-11-7-5-4-6-8-11/h4-8,10,12-13,17H,9H2,1-3H3,(H,18,19)(H,20,21)(H,22,23)/t12-,13-/m0/s1. The minimum Gasteiger partial charge on any atom is -0.603 e. The van der Waals surface area contributed by atoms with Crippen molar-refractivity contribution in [2.45, 2.75) is 32.4 Å². The van der Waals surface area contributed by atoms with Crippen LogP contribution in [0.4, 0.5) is 0 Å². The molecule has 3 atom stereocenters. The highest BCUT2D eigenvalue weighted by Gasteiger charge is 2.34. The van der Waals surface area contributed by atoms with Crippen molar-refractivity contribution in [2.24, 2.45) is 5.92 Å². The number of carbonyl (C=O) groups excluding carboxylic acids is 1. The highest BCUT2D eigenvalue weighted by molar-refractivity contribution is 7.46. The molecule has 1 aromatic carbocycles. The number of carbonyl (C=O) groups is 2. The maximum Gasteiger partial charge on any atom is 0.334 e. The molecule has 4 N–H and O–H groups in total.